The number of amides is 1. The molecule has 0 bridgehead atoms. The van der Waals surface area contributed by atoms with Crippen molar-refractivity contribution in [2.45, 2.75) is 6.42 Å². The van der Waals surface area contributed by atoms with E-state index in [-0.39, 0.29) is 18.1 Å². The van der Waals surface area contributed by atoms with Crippen LogP contribution in [0, 0.1) is 5.82 Å². The third kappa shape index (κ3) is 6.21. The molecule has 2 rings (SSSR count). The third-order valence-corrected chi connectivity index (χ3v) is 3.56. The van der Waals surface area contributed by atoms with Crippen LogP contribution in [0.15, 0.2) is 54.6 Å². The number of rotatable bonds is 6. The number of halogens is 1. The Kier molecular flexibility index (Phi) is 5.70. The Morgan fingerprint density at radius 2 is 1.62 bits per heavy atom. The summed E-state index contributed by atoms with van der Waals surface area (Å²) in [6.45, 7) is 0. The molecule has 0 atom stereocenters. The monoisotopic (exact) mass is 348 g/mol. The second-order valence-electron chi connectivity index (χ2n) is 5.16. The highest BCUT2D eigenvalue weighted by molar-refractivity contribution is 7.92. The second-order valence-corrected chi connectivity index (χ2v) is 6.91. The topological polar surface area (TPSA) is 75.3 Å². The van der Waals surface area contributed by atoms with Gasteiger partial charge in [0.15, 0.2) is 0 Å². The zero-order valence-electron chi connectivity index (χ0n) is 13.0. The predicted octanol–water partition coefficient (Wildman–Crippen LogP) is 3.24. The average Bonchev–Trinajstić information content (AvgIpc) is 2.50. The van der Waals surface area contributed by atoms with Crippen LogP contribution < -0.4 is 10.0 Å². The molecular formula is C17H17FN2O3S. The summed E-state index contributed by atoms with van der Waals surface area (Å²) in [5.41, 5.74) is 1.79. The number of carbonyl (C=O) groups excluding carboxylic acids is 1. The normalized spacial score (nSPS) is 11.4. The summed E-state index contributed by atoms with van der Waals surface area (Å²) in [5.74, 6) is -0.518. The molecule has 0 saturated heterocycles. The lowest BCUT2D eigenvalue weighted by molar-refractivity contribution is -0.115. The van der Waals surface area contributed by atoms with Crippen molar-refractivity contribution in [1.82, 2.24) is 0 Å². The van der Waals surface area contributed by atoms with Gasteiger partial charge in [-0.3, -0.25) is 9.52 Å². The first-order valence-corrected chi connectivity index (χ1v) is 9.01. The van der Waals surface area contributed by atoms with Crippen molar-refractivity contribution in [2.75, 3.05) is 16.3 Å². The number of anilines is 2. The molecule has 0 radical (unpaired) electrons. The summed E-state index contributed by atoms with van der Waals surface area (Å²) in [6.07, 6.45) is 4.65. The van der Waals surface area contributed by atoms with E-state index < -0.39 is 10.0 Å². The summed E-state index contributed by atoms with van der Waals surface area (Å²) in [5, 5.41) is 2.70. The van der Waals surface area contributed by atoms with Crippen LogP contribution in [0.5, 0.6) is 0 Å². The van der Waals surface area contributed by atoms with Crippen LogP contribution in [-0.4, -0.2) is 20.6 Å². The van der Waals surface area contributed by atoms with E-state index in [2.05, 4.69) is 10.0 Å². The fourth-order valence-electron chi connectivity index (χ4n) is 1.92. The first-order chi connectivity index (χ1) is 11.3. The largest absolute Gasteiger partial charge is 0.326 e. The molecule has 0 spiro atoms. The highest BCUT2D eigenvalue weighted by atomic mass is 32.2. The summed E-state index contributed by atoms with van der Waals surface area (Å²) < 4.78 is 37.3. The minimum Gasteiger partial charge on any atom is -0.326 e. The van der Waals surface area contributed by atoms with Gasteiger partial charge in [0.2, 0.25) is 15.9 Å². The molecule has 0 unspecified atom stereocenters. The van der Waals surface area contributed by atoms with E-state index >= 15 is 0 Å². The van der Waals surface area contributed by atoms with Crippen LogP contribution in [0.3, 0.4) is 0 Å². The van der Waals surface area contributed by atoms with Crippen molar-refractivity contribution in [3.8, 4) is 0 Å². The molecule has 5 nitrogen and oxygen atoms in total. The minimum absolute atomic E-state index is 0.167. The van der Waals surface area contributed by atoms with E-state index in [0.717, 1.165) is 11.8 Å². The molecule has 7 heteroatoms. The Labute approximate surface area is 140 Å². The molecule has 2 aromatic carbocycles. The van der Waals surface area contributed by atoms with Crippen molar-refractivity contribution in [2.24, 2.45) is 0 Å². The lowest BCUT2D eigenvalue weighted by Gasteiger charge is -2.06. The van der Waals surface area contributed by atoms with Crippen molar-refractivity contribution in [3.63, 3.8) is 0 Å². The summed E-state index contributed by atoms with van der Waals surface area (Å²) >= 11 is 0. The van der Waals surface area contributed by atoms with Crippen molar-refractivity contribution < 1.29 is 17.6 Å². The molecule has 0 aliphatic carbocycles. The molecule has 0 aromatic heterocycles. The van der Waals surface area contributed by atoms with Gasteiger partial charge in [0.05, 0.1) is 6.26 Å². The van der Waals surface area contributed by atoms with Gasteiger partial charge in [-0.05, 0) is 42.0 Å². The first kappa shape index (κ1) is 17.7. The van der Waals surface area contributed by atoms with E-state index in [4.69, 9.17) is 0 Å². The van der Waals surface area contributed by atoms with E-state index in [1.165, 1.54) is 12.1 Å². The molecule has 1 amide bonds. The van der Waals surface area contributed by atoms with Gasteiger partial charge in [-0.25, -0.2) is 12.8 Å². The van der Waals surface area contributed by atoms with Crippen LogP contribution in [-0.2, 0) is 14.8 Å². The molecule has 0 aliphatic rings. The summed E-state index contributed by atoms with van der Waals surface area (Å²) in [7, 11) is -3.32. The Morgan fingerprint density at radius 1 is 1.04 bits per heavy atom. The smallest absolute Gasteiger partial charge is 0.229 e. The van der Waals surface area contributed by atoms with Gasteiger partial charge in [-0.2, -0.15) is 0 Å². The number of hydrogen-bond donors (Lipinski definition) is 2. The SMILES string of the molecule is CS(=O)(=O)Nc1ccc(NC(=O)CC=Cc2ccc(F)cc2)cc1. The van der Waals surface area contributed by atoms with Gasteiger partial charge in [-0.15, -0.1) is 0 Å². The van der Waals surface area contributed by atoms with E-state index in [0.29, 0.717) is 11.4 Å². The van der Waals surface area contributed by atoms with Crippen LogP contribution in [0.2, 0.25) is 0 Å². The molecule has 126 valence electrons. The number of hydrogen-bond acceptors (Lipinski definition) is 3. The number of benzene rings is 2. The molecule has 24 heavy (non-hydrogen) atoms. The predicted molar refractivity (Wildman–Crippen MR) is 93.6 cm³/mol. The zero-order chi connectivity index (χ0) is 17.6. The summed E-state index contributed by atoms with van der Waals surface area (Å²) in [6, 6.07) is 12.3. The Balaban J connectivity index is 1.87. The van der Waals surface area contributed by atoms with E-state index in [1.807, 2.05) is 0 Å². The Bertz CT molecular complexity index is 829. The van der Waals surface area contributed by atoms with Crippen molar-refractivity contribution in [1.29, 1.82) is 0 Å². The standard InChI is InChI=1S/C17H17FN2O3S/c1-24(22,23)20-16-11-9-15(10-12-16)19-17(21)4-2-3-13-5-7-14(18)8-6-13/h2-3,5-12,20H,4H2,1H3,(H,19,21). The van der Waals surface area contributed by atoms with Gasteiger partial charge >= 0.3 is 0 Å². The van der Waals surface area contributed by atoms with Gasteiger partial charge < -0.3 is 5.32 Å². The minimum atomic E-state index is -3.32. The van der Waals surface area contributed by atoms with Crippen LogP contribution in [0.4, 0.5) is 15.8 Å². The molecule has 0 heterocycles. The molecule has 2 N–H and O–H groups in total. The summed E-state index contributed by atoms with van der Waals surface area (Å²) in [4.78, 5) is 11.8. The van der Waals surface area contributed by atoms with Gasteiger partial charge in [-0.1, -0.05) is 24.3 Å². The lowest BCUT2D eigenvalue weighted by atomic mass is 10.2. The number of carbonyl (C=O) groups is 1. The fraction of sp³-hybridized carbons (Fsp3) is 0.118. The molecule has 0 saturated carbocycles. The quantitative estimate of drug-likeness (QED) is 0.841. The van der Waals surface area contributed by atoms with Crippen LogP contribution >= 0.6 is 0 Å². The average molecular weight is 348 g/mol. The lowest BCUT2D eigenvalue weighted by Crippen LogP contribution is -2.11. The van der Waals surface area contributed by atoms with Crippen molar-refractivity contribution in [3.05, 3.63) is 66.0 Å². The van der Waals surface area contributed by atoms with Crippen molar-refractivity contribution >= 4 is 33.4 Å². The Morgan fingerprint density at radius 3 is 2.21 bits per heavy atom. The van der Waals surface area contributed by atoms with E-state index in [1.54, 1.807) is 48.6 Å². The van der Waals surface area contributed by atoms with Gasteiger partial charge in [0.1, 0.15) is 5.82 Å². The highest BCUT2D eigenvalue weighted by Gasteiger charge is 2.03. The number of sulfonamides is 1. The maximum atomic E-state index is 12.8. The Hall–Kier alpha value is -2.67. The fourth-order valence-corrected chi connectivity index (χ4v) is 2.49. The first-order valence-electron chi connectivity index (χ1n) is 7.12. The van der Waals surface area contributed by atoms with Gasteiger partial charge in [0, 0.05) is 17.8 Å². The zero-order valence-corrected chi connectivity index (χ0v) is 13.8. The van der Waals surface area contributed by atoms with Gasteiger partial charge in [0.25, 0.3) is 0 Å². The van der Waals surface area contributed by atoms with Crippen LogP contribution in [0.25, 0.3) is 6.08 Å². The van der Waals surface area contributed by atoms with E-state index in [9.17, 15) is 17.6 Å². The maximum Gasteiger partial charge on any atom is 0.229 e. The number of nitrogens with one attached hydrogen (secondary N) is 2. The second kappa shape index (κ2) is 7.74. The highest BCUT2D eigenvalue weighted by Crippen LogP contribution is 2.15. The van der Waals surface area contributed by atoms with Crippen LogP contribution in [0.1, 0.15) is 12.0 Å². The molecule has 0 fully saturated rings. The molecular weight excluding hydrogens is 331 g/mol. The third-order valence-electron chi connectivity index (χ3n) is 2.96. The molecule has 2 aromatic rings. The maximum absolute atomic E-state index is 12.8. The molecule has 0 aliphatic heterocycles.